The van der Waals surface area contributed by atoms with E-state index in [1.807, 2.05) is 6.07 Å². The smallest absolute Gasteiger partial charge is 0.104 e. The minimum Gasteiger partial charge on any atom is -0.389 e. The number of nitrogens with two attached hydrogens (primary N) is 1. The van der Waals surface area contributed by atoms with E-state index in [0.717, 1.165) is 18.2 Å². The molecule has 0 heterocycles. The molecule has 1 fully saturated rings. The van der Waals surface area contributed by atoms with Gasteiger partial charge < -0.3 is 10.6 Å². The molecule has 0 aliphatic heterocycles. The highest BCUT2D eigenvalue weighted by Gasteiger charge is 2.28. The quantitative estimate of drug-likeness (QED) is 0.812. The first-order valence-corrected chi connectivity index (χ1v) is 6.21. The number of hydrogen-bond acceptors (Lipinski definition) is 2. The summed E-state index contributed by atoms with van der Waals surface area (Å²) in [6.45, 7) is 5.34. The van der Waals surface area contributed by atoms with Crippen LogP contribution in [0.15, 0.2) is 18.2 Å². The maximum absolute atomic E-state index is 5.66. The van der Waals surface area contributed by atoms with Gasteiger partial charge in [-0.25, -0.2) is 0 Å². The first-order chi connectivity index (χ1) is 7.63. The number of aryl methyl sites for hydroxylation is 1. The molecule has 0 atom stereocenters. The van der Waals surface area contributed by atoms with E-state index in [2.05, 4.69) is 30.9 Å². The van der Waals surface area contributed by atoms with Crippen molar-refractivity contribution >= 4 is 22.9 Å². The van der Waals surface area contributed by atoms with Crippen molar-refractivity contribution in [1.82, 2.24) is 0 Å². The second kappa shape index (κ2) is 4.42. The summed E-state index contributed by atoms with van der Waals surface area (Å²) in [4.78, 5) is 2.94. The fraction of sp³-hybridized carbons (Fsp3) is 0.462. The highest BCUT2D eigenvalue weighted by molar-refractivity contribution is 7.80. The third-order valence-corrected chi connectivity index (χ3v) is 3.36. The van der Waals surface area contributed by atoms with Crippen LogP contribution in [0.25, 0.3) is 0 Å². The Labute approximate surface area is 102 Å². The molecule has 1 aliphatic carbocycles. The molecule has 0 radical (unpaired) electrons. The van der Waals surface area contributed by atoms with Crippen molar-refractivity contribution in [1.29, 1.82) is 0 Å². The van der Waals surface area contributed by atoms with E-state index in [-0.39, 0.29) is 0 Å². The van der Waals surface area contributed by atoms with E-state index >= 15 is 0 Å². The Morgan fingerprint density at radius 1 is 1.50 bits per heavy atom. The van der Waals surface area contributed by atoms with Crippen LogP contribution < -0.4 is 10.6 Å². The molecule has 2 nitrogen and oxygen atoms in total. The first-order valence-electron chi connectivity index (χ1n) is 5.80. The van der Waals surface area contributed by atoms with Gasteiger partial charge in [0.15, 0.2) is 0 Å². The summed E-state index contributed by atoms with van der Waals surface area (Å²) in [5.74, 6) is 0. The number of nitrogens with zero attached hydrogens (tertiary/aromatic N) is 1. The van der Waals surface area contributed by atoms with Crippen LogP contribution in [0.3, 0.4) is 0 Å². The van der Waals surface area contributed by atoms with Crippen LogP contribution in [0.5, 0.6) is 0 Å². The standard InChI is InChI=1S/C13H18N2S/c1-3-15(10-4-5-10)11-6-7-12(13(14)16)9(2)8-11/h6-8,10H,3-5H2,1-2H3,(H2,14,16). The highest BCUT2D eigenvalue weighted by atomic mass is 32.1. The summed E-state index contributed by atoms with van der Waals surface area (Å²) in [5.41, 5.74) is 9.12. The van der Waals surface area contributed by atoms with Gasteiger partial charge in [0.05, 0.1) is 0 Å². The van der Waals surface area contributed by atoms with Crippen LogP contribution in [-0.2, 0) is 0 Å². The van der Waals surface area contributed by atoms with Gasteiger partial charge in [0.25, 0.3) is 0 Å². The SMILES string of the molecule is CCN(c1ccc(C(N)=S)c(C)c1)C1CC1. The Morgan fingerprint density at radius 3 is 2.62 bits per heavy atom. The number of benzene rings is 1. The molecule has 2 rings (SSSR count). The third-order valence-electron chi connectivity index (χ3n) is 3.14. The van der Waals surface area contributed by atoms with Crippen LogP contribution in [0.1, 0.15) is 30.9 Å². The lowest BCUT2D eigenvalue weighted by Gasteiger charge is -2.23. The molecular weight excluding hydrogens is 216 g/mol. The predicted molar refractivity (Wildman–Crippen MR) is 73.1 cm³/mol. The lowest BCUT2D eigenvalue weighted by Crippen LogP contribution is -2.25. The van der Waals surface area contributed by atoms with E-state index in [0.29, 0.717) is 4.99 Å². The van der Waals surface area contributed by atoms with Crippen molar-refractivity contribution in [3.05, 3.63) is 29.3 Å². The molecule has 0 spiro atoms. The molecule has 1 aliphatic rings. The predicted octanol–water partition coefficient (Wildman–Crippen LogP) is 2.62. The normalized spacial score (nSPS) is 14.9. The van der Waals surface area contributed by atoms with E-state index in [9.17, 15) is 0 Å². The molecule has 2 N–H and O–H groups in total. The molecular formula is C13H18N2S. The van der Waals surface area contributed by atoms with Crippen LogP contribution in [0, 0.1) is 6.92 Å². The zero-order chi connectivity index (χ0) is 11.7. The Kier molecular flexibility index (Phi) is 3.15. The molecule has 0 saturated heterocycles. The first kappa shape index (κ1) is 11.4. The van der Waals surface area contributed by atoms with E-state index in [4.69, 9.17) is 18.0 Å². The number of hydrogen-bond donors (Lipinski definition) is 1. The summed E-state index contributed by atoms with van der Waals surface area (Å²) < 4.78 is 0. The topological polar surface area (TPSA) is 29.3 Å². The van der Waals surface area contributed by atoms with Gasteiger partial charge in [0.1, 0.15) is 4.99 Å². The second-order valence-electron chi connectivity index (χ2n) is 4.38. The lowest BCUT2D eigenvalue weighted by molar-refractivity contribution is 0.826. The molecule has 1 aromatic carbocycles. The zero-order valence-corrected chi connectivity index (χ0v) is 10.7. The van der Waals surface area contributed by atoms with E-state index in [1.165, 1.54) is 24.1 Å². The number of anilines is 1. The van der Waals surface area contributed by atoms with Gasteiger partial charge in [-0.1, -0.05) is 12.2 Å². The fourth-order valence-electron chi connectivity index (χ4n) is 2.14. The monoisotopic (exact) mass is 234 g/mol. The fourth-order valence-corrected chi connectivity index (χ4v) is 2.37. The van der Waals surface area contributed by atoms with Gasteiger partial charge in [-0.2, -0.15) is 0 Å². The number of thiocarbonyl (C=S) groups is 1. The van der Waals surface area contributed by atoms with Gasteiger partial charge in [-0.3, -0.25) is 0 Å². The second-order valence-corrected chi connectivity index (χ2v) is 4.82. The van der Waals surface area contributed by atoms with Crippen molar-refractivity contribution in [2.24, 2.45) is 5.73 Å². The Balaban J connectivity index is 2.28. The average molecular weight is 234 g/mol. The summed E-state index contributed by atoms with van der Waals surface area (Å²) >= 11 is 5.01. The molecule has 1 aromatic rings. The van der Waals surface area contributed by atoms with E-state index < -0.39 is 0 Å². The number of rotatable bonds is 4. The van der Waals surface area contributed by atoms with Crippen LogP contribution >= 0.6 is 12.2 Å². The van der Waals surface area contributed by atoms with Gasteiger partial charge in [0.2, 0.25) is 0 Å². The molecule has 3 heteroatoms. The summed E-state index contributed by atoms with van der Waals surface area (Å²) in [7, 11) is 0. The minimum absolute atomic E-state index is 0.485. The average Bonchev–Trinajstić information content (AvgIpc) is 3.02. The van der Waals surface area contributed by atoms with Crippen LogP contribution in [-0.4, -0.2) is 17.6 Å². The van der Waals surface area contributed by atoms with Crippen molar-refractivity contribution < 1.29 is 0 Å². The summed E-state index contributed by atoms with van der Waals surface area (Å²) in [6.07, 6.45) is 2.65. The van der Waals surface area contributed by atoms with Crippen LogP contribution in [0.2, 0.25) is 0 Å². The summed E-state index contributed by atoms with van der Waals surface area (Å²) in [5, 5.41) is 0. The Bertz CT molecular complexity index is 410. The van der Waals surface area contributed by atoms with Gasteiger partial charge in [0, 0.05) is 23.8 Å². The minimum atomic E-state index is 0.485. The van der Waals surface area contributed by atoms with Crippen molar-refractivity contribution in [3.63, 3.8) is 0 Å². The molecule has 0 unspecified atom stereocenters. The summed E-state index contributed by atoms with van der Waals surface area (Å²) in [6, 6.07) is 7.11. The highest BCUT2D eigenvalue weighted by Crippen LogP contribution is 2.32. The van der Waals surface area contributed by atoms with Crippen molar-refractivity contribution in [2.45, 2.75) is 32.7 Å². The molecule has 0 aromatic heterocycles. The lowest BCUT2D eigenvalue weighted by atomic mass is 10.1. The zero-order valence-electron chi connectivity index (χ0n) is 9.86. The molecule has 16 heavy (non-hydrogen) atoms. The van der Waals surface area contributed by atoms with Crippen molar-refractivity contribution in [2.75, 3.05) is 11.4 Å². The Hall–Kier alpha value is -1.09. The maximum Gasteiger partial charge on any atom is 0.104 e. The van der Waals surface area contributed by atoms with Crippen LogP contribution in [0.4, 0.5) is 5.69 Å². The third kappa shape index (κ3) is 2.19. The van der Waals surface area contributed by atoms with Gasteiger partial charge >= 0.3 is 0 Å². The maximum atomic E-state index is 5.66. The molecule has 86 valence electrons. The van der Waals surface area contributed by atoms with E-state index in [1.54, 1.807) is 0 Å². The van der Waals surface area contributed by atoms with Gasteiger partial charge in [-0.15, -0.1) is 0 Å². The van der Waals surface area contributed by atoms with Gasteiger partial charge in [-0.05, 0) is 50.5 Å². The Morgan fingerprint density at radius 2 is 2.19 bits per heavy atom. The molecule has 0 amide bonds. The molecule has 0 bridgehead atoms. The van der Waals surface area contributed by atoms with Crippen molar-refractivity contribution in [3.8, 4) is 0 Å². The largest absolute Gasteiger partial charge is 0.389 e. The molecule has 1 saturated carbocycles.